The molecule has 1 aliphatic heterocycles. The molecule has 2 amide bonds. The lowest BCUT2D eigenvalue weighted by Crippen LogP contribution is -2.50. The summed E-state index contributed by atoms with van der Waals surface area (Å²) in [5.41, 5.74) is 9.54. The number of fused-ring (bicyclic) bond motifs is 2. The number of pyridine rings is 1. The number of halogens is 1. The quantitative estimate of drug-likeness (QED) is 0.224. The first-order chi connectivity index (χ1) is 22.9. The van der Waals surface area contributed by atoms with Gasteiger partial charge >= 0.3 is 0 Å². The number of hydrogen-bond donors (Lipinski definition) is 3. The Hall–Kier alpha value is -4.86. The van der Waals surface area contributed by atoms with Crippen LogP contribution in [0.2, 0.25) is 0 Å². The second kappa shape index (κ2) is 12.0. The fourth-order valence-electron chi connectivity index (χ4n) is 6.35. The van der Waals surface area contributed by atoms with Crippen molar-refractivity contribution >= 4 is 49.6 Å². The number of rotatable bonds is 8. The second-order valence-electron chi connectivity index (χ2n) is 12.6. The van der Waals surface area contributed by atoms with E-state index in [4.69, 9.17) is 25.6 Å². The minimum absolute atomic E-state index is 0.0144. The third kappa shape index (κ3) is 6.00. The van der Waals surface area contributed by atoms with Gasteiger partial charge in [-0.15, -0.1) is 0 Å². The molecule has 0 spiro atoms. The number of nitrogens with zero attached hydrogens (tertiary/aromatic N) is 5. The van der Waals surface area contributed by atoms with Crippen LogP contribution in [0.3, 0.4) is 0 Å². The Bertz CT molecular complexity index is 2180. The molecule has 5 aromatic rings. The van der Waals surface area contributed by atoms with Gasteiger partial charge in [0.1, 0.15) is 28.8 Å². The smallest absolute Gasteiger partial charge is 0.274 e. The number of carbonyl (C=O) groups is 2. The zero-order valence-electron chi connectivity index (χ0n) is 26.4. The standard InChI is InChI=1S/C33H35FN8O5S/c1-40-29-26(11-20(13-28(29)47-2)33(44)41-16-21(34)14-22(35)17-41)39-31(40)27-12-19-5-10-25(38-30(19)42(27)15-18-3-4-18)32(43)37-23-6-8-24(9-7-23)48(36,45)46/h5-13,18,21-22H,3-4,14-17,35H2,1-2H3,(H,37,43)(H2,36,45,46)/t21-,22-/m1/s1. The number of anilines is 1. The predicted octanol–water partition coefficient (Wildman–Crippen LogP) is 3.42. The van der Waals surface area contributed by atoms with Crippen molar-refractivity contribution in [3.8, 4) is 17.3 Å². The lowest BCUT2D eigenvalue weighted by molar-refractivity contribution is 0.0606. The van der Waals surface area contributed by atoms with Gasteiger partial charge in [-0.25, -0.2) is 27.9 Å². The highest BCUT2D eigenvalue weighted by atomic mass is 32.2. The van der Waals surface area contributed by atoms with Gasteiger partial charge in [0.25, 0.3) is 11.8 Å². The van der Waals surface area contributed by atoms with Crippen molar-refractivity contribution < 1.29 is 27.1 Å². The van der Waals surface area contributed by atoms with Gasteiger partial charge in [0, 0.05) is 42.8 Å². The Labute approximate surface area is 275 Å². The highest BCUT2D eigenvalue weighted by Crippen LogP contribution is 2.38. The molecular weight excluding hydrogens is 639 g/mol. The zero-order valence-corrected chi connectivity index (χ0v) is 27.2. The van der Waals surface area contributed by atoms with Crippen molar-refractivity contribution in [2.24, 2.45) is 23.8 Å². The average molecular weight is 675 g/mol. The monoisotopic (exact) mass is 674 g/mol. The largest absolute Gasteiger partial charge is 0.494 e. The molecule has 1 saturated carbocycles. The number of likely N-dealkylation sites (tertiary alicyclic amines) is 1. The van der Waals surface area contributed by atoms with Crippen LogP contribution in [-0.2, 0) is 23.6 Å². The molecular formula is C33H35FN8O5S. The Morgan fingerprint density at radius 2 is 1.81 bits per heavy atom. The molecule has 15 heteroatoms. The van der Waals surface area contributed by atoms with Gasteiger partial charge in [0.2, 0.25) is 10.0 Å². The second-order valence-corrected chi connectivity index (χ2v) is 14.1. The van der Waals surface area contributed by atoms with Crippen LogP contribution >= 0.6 is 0 Å². The summed E-state index contributed by atoms with van der Waals surface area (Å²) in [5, 5.41) is 8.76. The average Bonchev–Trinajstić information content (AvgIpc) is 3.72. The molecule has 7 rings (SSSR count). The zero-order chi connectivity index (χ0) is 33.9. The number of imidazole rings is 1. The Kier molecular flexibility index (Phi) is 7.92. The highest BCUT2D eigenvalue weighted by molar-refractivity contribution is 7.89. The number of methoxy groups -OCH3 is 1. The van der Waals surface area contributed by atoms with Crippen LogP contribution in [0.25, 0.3) is 33.6 Å². The van der Waals surface area contributed by atoms with Gasteiger partial charge in [-0.3, -0.25) is 9.59 Å². The molecule has 0 bridgehead atoms. The third-order valence-electron chi connectivity index (χ3n) is 8.90. The summed E-state index contributed by atoms with van der Waals surface area (Å²) in [6.45, 7) is 0.932. The van der Waals surface area contributed by atoms with Crippen LogP contribution in [0.5, 0.6) is 5.75 Å². The van der Waals surface area contributed by atoms with Crippen molar-refractivity contribution in [3.63, 3.8) is 0 Å². The van der Waals surface area contributed by atoms with Crippen molar-refractivity contribution in [1.29, 1.82) is 0 Å². The number of aromatic nitrogens is 4. The molecule has 48 heavy (non-hydrogen) atoms. The molecule has 2 fully saturated rings. The number of sulfonamides is 1. The van der Waals surface area contributed by atoms with E-state index in [2.05, 4.69) is 9.88 Å². The minimum Gasteiger partial charge on any atom is -0.494 e. The van der Waals surface area contributed by atoms with Crippen LogP contribution in [0, 0.1) is 5.92 Å². The maximum atomic E-state index is 14.3. The van der Waals surface area contributed by atoms with Crippen molar-refractivity contribution in [3.05, 3.63) is 65.9 Å². The Balaban J connectivity index is 1.25. The fraction of sp³-hybridized carbons (Fsp3) is 0.333. The number of aryl methyl sites for hydroxylation is 1. The van der Waals surface area contributed by atoms with E-state index in [1.54, 1.807) is 18.2 Å². The van der Waals surface area contributed by atoms with E-state index in [1.165, 1.54) is 36.3 Å². The summed E-state index contributed by atoms with van der Waals surface area (Å²) < 4.78 is 47.2. The first-order valence-corrected chi connectivity index (χ1v) is 17.1. The molecule has 13 nitrogen and oxygen atoms in total. The molecule has 0 radical (unpaired) electrons. The molecule has 0 unspecified atom stereocenters. The normalized spacial score (nSPS) is 18.4. The van der Waals surface area contributed by atoms with E-state index in [0.29, 0.717) is 52.0 Å². The van der Waals surface area contributed by atoms with Gasteiger partial charge in [-0.05, 0) is 79.8 Å². The predicted molar refractivity (Wildman–Crippen MR) is 178 cm³/mol. The molecule has 1 saturated heterocycles. The third-order valence-corrected chi connectivity index (χ3v) is 9.83. The van der Waals surface area contributed by atoms with E-state index < -0.39 is 28.1 Å². The van der Waals surface area contributed by atoms with Gasteiger partial charge < -0.3 is 29.8 Å². The molecule has 2 aliphatic rings. The maximum Gasteiger partial charge on any atom is 0.274 e. The van der Waals surface area contributed by atoms with E-state index in [9.17, 15) is 22.4 Å². The van der Waals surface area contributed by atoms with Crippen LogP contribution in [0.1, 0.15) is 40.1 Å². The number of alkyl halides is 1. The van der Waals surface area contributed by atoms with Gasteiger partial charge in [0.05, 0.1) is 29.8 Å². The number of benzene rings is 2. The SMILES string of the molecule is COc1cc(C(=O)N2C[C@H](N)C[C@@H](F)C2)cc2nc(-c3cc4ccc(C(=O)Nc5ccc(S(N)(=O)=O)cc5)nc4n3CC3CC3)n(C)c12. The molecule has 4 heterocycles. The number of amides is 2. The summed E-state index contributed by atoms with van der Waals surface area (Å²) in [5.74, 6) is 0.739. The molecule has 2 atom stereocenters. The van der Waals surface area contributed by atoms with Crippen LogP contribution in [0.15, 0.2) is 59.5 Å². The number of piperidine rings is 1. The molecule has 250 valence electrons. The maximum absolute atomic E-state index is 14.3. The lowest BCUT2D eigenvalue weighted by Gasteiger charge is -2.33. The van der Waals surface area contributed by atoms with Crippen molar-refractivity contribution in [2.45, 2.75) is 42.9 Å². The topological polar surface area (TPSA) is 180 Å². The molecule has 3 aromatic heterocycles. The van der Waals surface area contributed by atoms with E-state index in [0.717, 1.165) is 23.9 Å². The summed E-state index contributed by atoms with van der Waals surface area (Å²) >= 11 is 0. The highest BCUT2D eigenvalue weighted by Gasteiger charge is 2.31. The number of nitrogens with one attached hydrogen (secondary N) is 1. The number of primary sulfonamides is 1. The number of hydrogen-bond acceptors (Lipinski definition) is 8. The first kappa shape index (κ1) is 31.7. The van der Waals surface area contributed by atoms with E-state index in [1.807, 2.05) is 23.7 Å². The molecule has 5 N–H and O–H groups in total. The summed E-state index contributed by atoms with van der Waals surface area (Å²) in [6.07, 6.45) is 1.20. The summed E-state index contributed by atoms with van der Waals surface area (Å²) in [6, 6.07) is 13.9. The number of ether oxygens (including phenoxy) is 1. The lowest BCUT2D eigenvalue weighted by atomic mass is 10.0. The van der Waals surface area contributed by atoms with Gasteiger partial charge in [-0.2, -0.15) is 0 Å². The molecule has 2 aromatic carbocycles. The van der Waals surface area contributed by atoms with Crippen LogP contribution in [0.4, 0.5) is 10.1 Å². The fourth-order valence-corrected chi connectivity index (χ4v) is 6.86. The summed E-state index contributed by atoms with van der Waals surface area (Å²) in [4.78, 5) is 37.8. The van der Waals surface area contributed by atoms with Crippen molar-refractivity contribution in [2.75, 3.05) is 25.5 Å². The summed E-state index contributed by atoms with van der Waals surface area (Å²) in [7, 11) is -0.460. The Morgan fingerprint density at radius 3 is 2.48 bits per heavy atom. The van der Waals surface area contributed by atoms with Gasteiger partial charge in [-0.1, -0.05) is 0 Å². The van der Waals surface area contributed by atoms with E-state index in [-0.39, 0.29) is 36.0 Å². The van der Waals surface area contributed by atoms with Crippen LogP contribution in [-0.4, -0.2) is 76.6 Å². The Morgan fingerprint density at radius 1 is 1.06 bits per heavy atom. The van der Waals surface area contributed by atoms with Crippen molar-refractivity contribution in [1.82, 2.24) is 24.0 Å². The molecule has 1 aliphatic carbocycles. The number of nitrogens with two attached hydrogens (primary N) is 2. The minimum atomic E-state index is -3.86. The van der Waals surface area contributed by atoms with Gasteiger partial charge in [0.15, 0.2) is 5.82 Å². The van der Waals surface area contributed by atoms with E-state index >= 15 is 0 Å². The first-order valence-electron chi connectivity index (χ1n) is 15.6. The number of carbonyl (C=O) groups excluding carboxylic acids is 2. The van der Waals surface area contributed by atoms with Crippen LogP contribution < -0.4 is 20.9 Å².